The van der Waals surface area contributed by atoms with Crippen LogP contribution in [-0.4, -0.2) is 41.0 Å². The Morgan fingerprint density at radius 3 is 2.38 bits per heavy atom. The van der Waals surface area contributed by atoms with E-state index in [1.54, 1.807) is 11.0 Å². The number of aryl methyl sites for hydroxylation is 2. The molecule has 0 saturated carbocycles. The van der Waals surface area contributed by atoms with Crippen molar-refractivity contribution in [2.24, 2.45) is 0 Å². The van der Waals surface area contributed by atoms with E-state index in [9.17, 15) is 14.7 Å². The number of rotatable bonds is 5. The van der Waals surface area contributed by atoms with Crippen molar-refractivity contribution in [1.82, 2.24) is 4.90 Å². The minimum Gasteiger partial charge on any atom is -0.375 e. The molecule has 5 heteroatoms. The molecule has 4 rings (SSSR count). The summed E-state index contributed by atoms with van der Waals surface area (Å²) in [5, 5.41) is 11.7. The minimum absolute atomic E-state index is 0.0260. The SMILES string of the molecule is Cc1cc(C(C)(C)C)cc(C)c1C(=O)CC1(O)C(=O)N(CN2CCCCC2C)c2ccccc21. The van der Waals surface area contributed by atoms with E-state index in [2.05, 4.69) is 44.7 Å². The lowest BCUT2D eigenvalue weighted by Gasteiger charge is -2.36. The summed E-state index contributed by atoms with van der Waals surface area (Å²) in [6.07, 6.45) is 3.16. The van der Waals surface area contributed by atoms with E-state index in [0.29, 0.717) is 29.5 Å². The number of fused-ring (bicyclic) bond motifs is 1. The lowest BCUT2D eigenvalue weighted by molar-refractivity contribution is -0.136. The Bertz CT molecular complexity index is 1090. The quantitative estimate of drug-likeness (QED) is 0.618. The molecule has 2 aliphatic heterocycles. The Morgan fingerprint density at radius 1 is 1.12 bits per heavy atom. The molecule has 2 aromatic rings. The number of Topliss-reactive ketones (excluding diaryl/α,β-unsaturated/α-hetero) is 1. The number of carbonyl (C=O) groups excluding carboxylic acids is 2. The summed E-state index contributed by atoms with van der Waals surface area (Å²) >= 11 is 0. The van der Waals surface area contributed by atoms with Crippen molar-refractivity contribution in [1.29, 1.82) is 0 Å². The van der Waals surface area contributed by atoms with Crippen molar-refractivity contribution >= 4 is 17.4 Å². The molecule has 0 aliphatic carbocycles. The van der Waals surface area contributed by atoms with E-state index in [4.69, 9.17) is 0 Å². The van der Waals surface area contributed by atoms with Gasteiger partial charge in [-0.05, 0) is 61.8 Å². The highest BCUT2D eigenvalue weighted by Crippen LogP contribution is 2.43. The normalized spacial score (nSPS) is 23.3. The Labute approximate surface area is 203 Å². The summed E-state index contributed by atoms with van der Waals surface area (Å²) < 4.78 is 0. The van der Waals surface area contributed by atoms with E-state index in [-0.39, 0.29) is 17.6 Å². The maximum Gasteiger partial charge on any atom is 0.265 e. The number of amides is 1. The number of piperidine rings is 1. The largest absolute Gasteiger partial charge is 0.375 e. The number of benzene rings is 2. The van der Waals surface area contributed by atoms with Gasteiger partial charge in [-0.3, -0.25) is 19.4 Å². The summed E-state index contributed by atoms with van der Waals surface area (Å²) in [6.45, 7) is 13.9. The zero-order valence-corrected chi connectivity index (χ0v) is 21.4. The number of likely N-dealkylation sites (tertiary alicyclic amines) is 1. The van der Waals surface area contributed by atoms with E-state index in [1.807, 2.05) is 32.0 Å². The third kappa shape index (κ3) is 4.32. The summed E-state index contributed by atoms with van der Waals surface area (Å²) in [5.41, 5.74) is 2.90. The molecule has 2 atom stereocenters. The van der Waals surface area contributed by atoms with E-state index >= 15 is 0 Å². The van der Waals surface area contributed by atoms with Gasteiger partial charge in [-0.15, -0.1) is 0 Å². The molecule has 0 spiro atoms. The number of hydrogen-bond acceptors (Lipinski definition) is 4. The number of para-hydroxylation sites is 1. The van der Waals surface area contributed by atoms with Crippen LogP contribution in [0.3, 0.4) is 0 Å². The van der Waals surface area contributed by atoms with E-state index in [1.165, 1.54) is 12.0 Å². The summed E-state index contributed by atoms with van der Waals surface area (Å²) in [5.74, 6) is -0.601. The number of aliphatic hydroxyl groups is 1. The fraction of sp³-hybridized carbons (Fsp3) is 0.517. The fourth-order valence-corrected chi connectivity index (χ4v) is 5.52. The van der Waals surface area contributed by atoms with Crippen molar-refractivity contribution in [3.8, 4) is 0 Å². The lowest BCUT2D eigenvalue weighted by atomic mass is 9.81. The molecule has 2 aromatic carbocycles. The zero-order valence-electron chi connectivity index (χ0n) is 21.4. The number of anilines is 1. The van der Waals surface area contributed by atoms with Gasteiger partial charge in [0, 0.05) is 23.7 Å². The van der Waals surface area contributed by atoms with Crippen LogP contribution in [0.2, 0.25) is 0 Å². The first-order valence-electron chi connectivity index (χ1n) is 12.5. The van der Waals surface area contributed by atoms with Crippen LogP contribution in [-0.2, 0) is 15.8 Å². The number of ketones is 1. The third-order valence-electron chi connectivity index (χ3n) is 7.60. The Morgan fingerprint density at radius 2 is 1.76 bits per heavy atom. The Balaban J connectivity index is 1.65. The molecule has 5 nitrogen and oxygen atoms in total. The van der Waals surface area contributed by atoms with Gasteiger partial charge in [0.1, 0.15) is 0 Å². The van der Waals surface area contributed by atoms with Gasteiger partial charge >= 0.3 is 0 Å². The second-order valence-corrected chi connectivity index (χ2v) is 11.2. The molecule has 1 fully saturated rings. The van der Waals surface area contributed by atoms with Gasteiger partial charge in [-0.1, -0.05) is 57.5 Å². The standard InChI is InChI=1S/C29H38N2O3/c1-19-15-22(28(4,5)6)16-20(2)26(19)25(32)17-29(34)23-12-7-8-13-24(23)31(27(29)33)18-30-14-10-9-11-21(30)3/h7-8,12-13,15-16,21,34H,9-11,14,17-18H2,1-6H3. The molecule has 1 amide bonds. The molecular weight excluding hydrogens is 424 g/mol. The van der Waals surface area contributed by atoms with Crippen LogP contribution in [0.1, 0.15) is 86.0 Å². The fourth-order valence-electron chi connectivity index (χ4n) is 5.52. The van der Waals surface area contributed by atoms with Gasteiger partial charge in [-0.2, -0.15) is 0 Å². The van der Waals surface area contributed by atoms with Crippen LogP contribution >= 0.6 is 0 Å². The van der Waals surface area contributed by atoms with Gasteiger partial charge < -0.3 is 5.11 Å². The molecule has 2 aliphatic rings. The zero-order chi connectivity index (χ0) is 24.8. The summed E-state index contributed by atoms with van der Waals surface area (Å²) in [7, 11) is 0. The van der Waals surface area contributed by atoms with Crippen molar-refractivity contribution in [3.63, 3.8) is 0 Å². The average molecular weight is 463 g/mol. The smallest absolute Gasteiger partial charge is 0.265 e. The van der Waals surface area contributed by atoms with Crippen LogP contribution in [0.25, 0.3) is 0 Å². The Hall–Kier alpha value is -2.50. The van der Waals surface area contributed by atoms with Crippen LogP contribution in [0.5, 0.6) is 0 Å². The monoisotopic (exact) mass is 462 g/mol. The van der Waals surface area contributed by atoms with Gasteiger partial charge in [0.25, 0.3) is 5.91 Å². The van der Waals surface area contributed by atoms with Crippen molar-refractivity contribution < 1.29 is 14.7 Å². The Kier molecular flexibility index (Phi) is 6.47. The number of nitrogens with zero attached hydrogens (tertiary/aromatic N) is 2. The molecule has 0 aromatic heterocycles. The number of hydrogen-bond donors (Lipinski definition) is 1. The van der Waals surface area contributed by atoms with Crippen LogP contribution in [0, 0.1) is 13.8 Å². The molecular formula is C29H38N2O3. The van der Waals surface area contributed by atoms with Gasteiger partial charge in [0.2, 0.25) is 0 Å². The molecule has 182 valence electrons. The predicted molar refractivity (Wildman–Crippen MR) is 136 cm³/mol. The van der Waals surface area contributed by atoms with Crippen molar-refractivity contribution in [3.05, 3.63) is 64.2 Å². The maximum atomic E-state index is 13.7. The van der Waals surface area contributed by atoms with Crippen molar-refractivity contribution in [2.75, 3.05) is 18.1 Å². The predicted octanol–water partition coefficient (Wildman–Crippen LogP) is 5.24. The molecule has 0 radical (unpaired) electrons. The minimum atomic E-state index is -1.85. The average Bonchev–Trinajstić information content (AvgIpc) is 2.96. The highest BCUT2D eigenvalue weighted by Gasteiger charge is 2.51. The molecule has 1 N–H and O–H groups in total. The van der Waals surface area contributed by atoms with Crippen LogP contribution < -0.4 is 4.90 Å². The highest BCUT2D eigenvalue weighted by atomic mass is 16.3. The van der Waals surface area contributed by atoms with Crippen LogP contribution in [0.4, 0.5) is 5.69 Å². The maximum absolute atomic E-state index is 13.7. The molecule has 2 heterocycles. The van der Waals surface area contributed by atoms with Gasteiger partial charge in [-0.25, -0.2) is 0 Å². The van der Waals surface area contributed by atoms with E-state index in [0.717, 1.165) is 30.5 Å². The molecule has 34 heavy (non-hydrogen) atoms. The second-order valence-electron chi connectivity index (χ2n) is 11.2. The lowest BCUT2D eigenvalue weighted by Crippen LogP contribution is -2.49. The third-order valence-corrected chi connectivity index (χ3v) is 7.60. The second kappa shape index (κ2) is 8.94. The summed E-state index contributed by atoms with van der Waals surface area (Å²) in [4.78, 5) is 31.2. The highest BCUT2D eigenvalue weighted by molar-refractivity contribution is 6.11. The number of carbonyl (C=O) groups is 2. The first-order chi connectivity index (χ1) is 15.9. The van der Waals surface area contributed by atoms with Gasteiger partial charge in [0.15, 0.2) is 11.4 Å². The first-order valence-corrected chi connectivity index (χ1v) is 12.5. The van der Waals surface area contributed by atoms with Crippen LogP contribution in [0.15, 0.2) is 36.4 Å². The van der Waals surface area contributed by atoms with Crippen molar-refractivity contribution in [2.45, 2.75) is 84.3 Å². The molecule has 0 bridgehead atoms. The first kappa shape index (κ1) is 24.6. The van der Waals surface area contributed by atoms with Gasteiger partial charge in [0.05, 0.1) is 18.8 Å². The van der Waals surface area contributed by atoms with E-state index < -0.39 is 11.5 Å². The molecule has 1 saturated heterocycles. The topological polar surface area (TPSA) is 60.9 Å². The summed E-state index contributed by atoms with van der Waals surface area (Å²) in [6, 6.07) is 11.9. The molecule has 2 unspecified atom stereocenters.